The lowest BCUT2D eigenvalue weighted by molar-refractivity contribution is -0.117. The van der Waals surface area contributed by atoms with Crippen molar-refractivity contribution in [2.45, 2.75) is 12.8 Å². The van der Waals surface area contributed by atoms with Crippen molar-refractivity contribution in [2.24, 2.45) is 0 Å². The first-order valence-corrected chi connectivity index (χ1v) is 10.8. The number of hydrogen-bond donors (Lipinski definition) is 1. The van der Waals surface area contributed by atoms with E-state index in [4.69, 9.17) is 0 Å². The van der Waals surface area contributed by atoms with E-state index in [1.807, 2.05) is 18.2 Å². The average Bonchev–Trinajstić information content (AvgIpc) is 3.13. The largest absolute Gasteiger partial charge is 0.325 e. The standard InChI is InChI=1S/C21H23N3O4S/c1-23(29(27,28)15-13-17-6-3-2-4-7-17)16-20(25)22-18-9-11-19(12-10-18)24-14-5-8-21(24)26/h2-4,6-7,9-13,15H,5,8,14,16H2,1H3,(H,22,25)/b15-13+. The topological polar surface area (TPSA) is 86.8 Å². The van der Waals surface area contributed by atoms with Crippen LogP contribution in [0.4, 0.5) is 11.4 Å². The smallest absolute Gasteiger partial charge is 0.239 e. The molecule has 1 aliphatic rings. The van der Waals surface area contributed by atoms with Crippen LogP contribution in [0.5, 0.6) is 0 Å². The normalized spacial score (nSPS) is 14.7. The summed E-state index contributed by atoms with van der Waals surface area (Å²) in [5.74, 6) is -0.355. The van der Waals surface area contributed by atoms with Crippen LogP contribution >= 0.6 is 0 Å². The highest BCUT2D eigenvalue weighted by atomic mass is 32.2. The molecule has 1 aliphatic heterocycles. The maximum absolute atomic E-state index is 12.3. The molecule has 3 rings (SSSR count). The Labute approximate surface area is 170 Å². The minimum atomic E-state index is -3.72. The van der Waals surface area contributed by atoms with Gasteiger partial charge in [-0.2, -0.15) is 4.31 Å². The van der Waals surface area contributed by atoms with Gasteiger partial charge in [-0.25, -0.2) is 8.42 Å². The molecule has 7 nitrogen and oxygen atoms in total. The van der Waals surface area contributed by atoms with Crippen molar-refractivity contribution < 1.29 is 18.0 Å². The number of nitrogens with zero attached hydrogens (tertiary/aromatic N) is 2. The van der Waals surface area contributed by atoms with E-state index >= 15 is 0 Å². The molecule has 1 fully saturated rings. The molecule has 2 aromatic rings. The summed E-state index contributed by atoms with van der Waals surface area (Å²) >= 11 is 0. The van der Waals surface area contributed by atoms with Gasteiger partial charge < -0.3 is 10.2 Å². The minimum absolute atomic E-state index is 0.0946. The lowest BCUT2D eigenvalue weighted by Gasteiger charge is -2.17. The molecule has 0 atom stereocenters. The van der Waals surface area contributed by atoms with Crippen molar-refractivity contribution in [3.8, 4) is 0 Å². The van der Waals surface area contributed by atoms with E-state index in [-0.39, 0.29) is 12.5 Å². The van der Waals surface area contributed by atoms with Gasteiger partial charge in [-0.1, -0.05) is 30.3 Å². The van der Waals surface area contributed by atoms with Crippen LogP contribution in [0.2, 0.25) is 0 Å². The first-order valence-electron chi connectivity index (χ1n) is 9.25. The zero-order valence-electron chi connectivity index (χ0n) is 16.1. The molecular formula is C21H23N3O4S. The van der Waals surface area contributed by atoms with Crippen molar-refractivity contribution in [1.29, 1.82) is 0 Å². The summed E-state index contributed by atoms with van der Waals surface area (Å²) in [5, 5.41) is 3.76. The number of sulfonamides is 1. The Kier molecular flexibility index (Phi) is 6.46. The Hall–Kier alpha value is -2.97. The van der Waals surface area contributed by atoms with Gasteiger partial charge in [-0.3, -0.25) is 9.59 Å². The molecule has 1 saturated heterocycles. The number of likely N-dealkylation sites (N-methyl/N-ethyl adjacent to an activating group) is 1. The van der Waals surface area contributed by atoms with Crippen molar-refractivity contribution in [2.75, 3.05) is 30.4 Å². The van der Waals surface area contributed by atoms with Crippen LogP contribution in [-0.2, 0) is 19.6 Å². The third-order valence-electron chi connectivity index (χ3n) is 4.57. The van der Waals surface area contributed by atoms with E-state index in [1.165, 1.54) is 13.1 Å². The van der Waals surface area contributed by atoms with Gasteiger partial charge in [0.1, 0.15) is 0 Å². The first kappa shape index (κ1) is 20.8. The van der Waals surface area contributed by atoms with E-state index in [9.17, 15) is 18.0 Å². The highest BCUT2D eigenvalue weighted by Crippen LogP contribution is 2.23. The predicted octanol–water partition coefficient (Wildman–Crippen LogP) is 2.68. The van der Waals surface area contributed by atoms with Gasteiger partial charge in [0.25, 0.3) is 0 Å². The zero-order chi connectivity index (χ0) is 20.9. The molecule has 0 radical (unpaired) electrons. The maximum Gasteiger partial charge on any atom is 0.239 e. The molecule has 29 heavy (non-hydrogen) atoms. The number of carbonyl (C=O) groups excluding carboxylic acids is 2. The van der Waals surface area contributed by atoms with Crippen molar-refractivity contribution in [3.05, 3.63) is 65.6 Å². The fourth-order valence-electron chi connectivity index (χ4n) is 2.97. The SMILES string of the molecule is CN(CC(=O)Nc1ccc(N2CCCC2=O)cc1)S(=O)(=O)/C=C/c1ccccc1. The molecule has 0 saturated carbocycles. The number of benzene rings is 2. The van der Waals surface area contributed by atoms with E-state index < -0.39 is 15.9 Å². The molecule has 152 valence electrons. The predicted molar refractivity (Wildman–Crippen MR) is 114 cm³/mol. The van der Waals surface area contributed by atoms with Crippen LogP contribution in [0.3, 0.4) is 0 Å². The molecule has 2 amide bonds. The Morgan fingerprint density at radius 2 is 1.83 bits per heavy atom. The van der Waals surface area contributed by atoms with Crippen LogP contribution in [0.15, 0.2) is 60.0 Å². The van der Waals surface area contributed by atoms with Crippen molar-refractivity contribution in [3.63, 3.8) is 0 Å². The summed E-state index contributed by atoms with van der Waals surface area (Å²) in [6.45, 7) is 0.386. The lowest BCUT2D eigenvalue weighted by atomic mass is 10.2. The van der Waals surface area contributed by atoms with Gasteiger partial charge in [-0.05, 0) is 42.3 Å². The summed E-state index contributed by atoms with van der Waals surface area (Å²) in [5.41, 5.74) is 2.08. The zero-order valence-corrected chi connectivity index (χ0v) is 16.9. The summed E-state index contributed by atoms with van der Waals surface area (Å²) in [6.07, 6.45) is 2.89. The number of carbonyl (C=O) groups is 2. The summed E-state index contributed by atoms with van der Waals surface area (Å²) in [7, 11) is -2.37. The van der Waals surface area contributed by atoms with Crippen LogP contribution in [0.25, 0.3) is 6.08 Å². The van der Waals surface area contributed by atoms with Crippen LogP contribution in [-0.4, -0.2) is 44.7 Å². The third-order valence-corrected chi connectivity index (χ3v) is 6.05. The summed E-state index contributed by atoms with van der Waals surface area (Å²) in [4.78, 5) is 25.7. The van der Waals surface area contributed by atoms with Gasteiger partial charge in [0.2, 0.25) is 21.8 Å². The number of amides is 2. The average molecular weight is 413 g/mol. The molecule has 1 heterocycles. The second kappa shape index (κ2) is 9.02. The second-order valence-electron chi connectivity index (χ2n) is 6.76. The molecule has 2 aromatic carbocycles. The van der Waals surface area contributed by atoms with Gasteiger partial charge in [0, 0.05) is 36.8 Å². The van der Waals surface area contributed by atoms with Crippen LogP contribution < -0.4 is 10.2 Å². The number of hydrogen-bond acceptors (Lipinski definition) is 4. The van der Waals surface area contributed by atoms with Gasteiger partial charge in [0.15, 0.2) is 0 Å². The van der Waals surface area contributed by atoms with E-state index in [2.05, 4.69) is 5.32 Å². The van der Waals surface area contributed by atoms with E-state index in [0.29, 0.717) is 18.7 Å². The lowest BCUT2D eigenvalue weighted by Crippen LogP contribution is -2.33. The summed E-state index contributed by atoms with van der Waals surface area (Å²) in [6, 6.07) is 16.0. The Morgan fingerprint density at radius 1 is 1.14 bits per heavy atom. The highest BCUT2D eigenvalue weighted by Gasteiger charge is 2.22. The maximum atomic E-state index is 12.3. The molecule has 0 unspecified atom stereocenters. The Morgan fingerprint density at radius 3 is 2.45 bits per heavy atom. The van der Waals surface area contributed by atoms with Crippen LogP contribution in [0.1, 0.15) is 18.4 Å². The van der Waals surface area contributed by atoms with Crippen LogP contribution in [0, 0.1) is 0 Å². The van der Waals surface area contributed by atoms with Gasteiger partial charge in [0.05, 0.1) is 6.54 Å². The molecule has 0 spiro atoms. The van der Waals surface area contributed by atoms with Crippen molar-refractivity contribution >= 4 is 39.3 Å². The van der Waals surface area contributed by atoms with E-state index in [1.54, 1.807) is 41.3 Å². The third kappa shape index (κ3) is 5.52. The number of nitrogens with one attached hydrogen (secondary N) is 1. The molecular weight excluding hydrogens is 390 g/mol. The Bertz CT molecular complexity index is 1000. The second-order valence-corrected chi connectivity index (χ2v) is 8.68. The number of rotatable bonds is 7. The monoisotopic (exact) mass is 413 g/mol. The fraction of sp³-hybridized carbons (Fsp3) is 0.238. The van der Waals surface area contributed by atoms with Gasteiger partial charge >= 0.3 is 0 Å². The van der Waals surface area contributed by atoms with Gasteiger partial charge in [-0.15, -0.1) is 0 Å². The Balaban J connectivity index is 1.56. The summed E-state index contributed by atoms with van der Waals surface area (Å²) < 4.78 is 25.7. The van der Waals surface area contributed by atoms with Crippen molar-refractivity contribution in [1.82, 2.24) is 4.31 Å². The van der Waals surface area contributed by atoms with E-state index in [0.717, 1.165) is 27.4 Å². The molecule has 0 aromatic heterocycles. The first-order chi connectivity index (χ1) is 13.8. The molecule has 1 N–H and O–H groups in total. The number of anilines is 2. The minimum Gasteiger partial charge on any atom is -0.325 e. The fourth-order valence-corrected chi connectivity index (χ4v) is 3.81. The molecule has 0 bridgehead atoms. The highest BCUT2D eigenvalue weighted by molar-refractivity contribution is 7.92. The molecule has 0 aliphatic carbocycles. The quantitative estimate of drug-likeness (QED) is 0.756. The molecule has 8 heteroatoms.